The van der Waals surface area contributed by atoms with Crippen molar-refractivity contribution in [3.8, 4) is 0 Å². The first-order valence-electron chi connectivity index (χ1n) is 7.82. The number of hydrogen-bond donors (Lipinski definition) is 2. The predicted octanol–water partition coefficient (Wildman–Crippen LogP) is 2.80. The average Bonchev–Trinajstić information content (AvgIpc) is 2.69. The van der Waals surface area contributed by atoms with Gasteiger partial charge in [0.25, 0.3) is 11.8 Å². The molecule has 7 heteroatoms. The molecule has 3 aromatic rings. The summed E-state index contributed by atoms with van der Waals surface area (Å²) in [5, 5.41) is 5.37. The highest BCUT2D eigenvalue weighted by atomic mass is 19.1. The van der Waals surface area contributed by atoms with Crippen LogP contribution in [0.25, 0.3) is 0 Å². The van der Waals surface area contributed by atoms with Crippen LogP contribution in [-0.4, -0.2) is 21.8 Å². The van der Waals surface area contributed by atoms with Crippen LogP contribution in [0.1, 0.15) is 26.4 Å². The Balaban J connectivity index is 1.66. The summed E-state index contributed by atoms with van der Waals surface area (Å²) in [6.07, 6.45) is 4.67. The first kappa shape index (κ1) is 17.2. The minimum absolute atomic E-state index is 0.130. The molecular weight excluding hydrogens is 335 g/mol. The number of pyridine rings is 2. The van der Waals surface area contributed by atoms with E-state index in [1.54, 1.807) is 24.5 Å². The van der Waals surface area contributed by atoms with E-state index in [9.17, 15) is 14.0 Å². The van der Waals surface area contributed by atoms with Gasteiger partial charge >= 0.3 is 0 Å². The zero-order valence-corrected chi connectivity index (χ0v) is 13.6. The van der Waals surface area contributed by atoms with E-state index in [0.717, 1.165) is 5.56 Å². The van der Waals surface area contributed by atoms with Crippen LogP contribution < -0.4 is 10.6 Å². The fourth-order valence-electron chi connectivity index (χ4n) is 2.21. The fourth-order valence-corrected chi connectivity index (χ4v) is 2.21. The second-order valence-corrected chi connectivity index (χ2v) is 5.43. The second kappa shape index (κ2) is 7.98. The SMILES string of the molecule is O=C(Nc1ccc(F)cc1)c1ccnc(C(=O)NCc2ccncc2)c1. The topological polar surface area (TPSA) is 84.0 Å². The van der Waals surface area contributed by atoms with Gasteiger partial charge in [-0.05, 0) is 54.1 Å². The Labute approximate surface area is 149 Å². The van der Waals surface area contributed by atoms with E-state index >= 15 is 0 Å². The van der Waals surface area contributed by atoms with Crippen LogP contribution in [0, 0.1) is 5.82 Å². The number of nitrogens with zero attached hydrogens (tertiary/aromatic N) is 2. The number of aromatic nitrogens is 2. The molecule has 0 aliphatic rings. The standard InChI is InChI=1S/C19H15FN4O2/c20-15-1-3-16(4-2-15)24-18(25)14-7-10-22-17(11-14)19(26)23-12-13-5-8-21-9-6-13/h1-11H,12H2,(H,23,26)(H,24,25). The Hall–Kier alpha value is -3.61. The lowest BCUT2D eigenvalue weighted by Crippen LogP contribution is -2.24. The van der Waals surface area contributed by atoms with E-state index in [1.807, 2.05) is 0 Å². The van der Waals surface area contributed by atoms with Gasteiger partial charge in [-0.2, -0.15) is 0 Å². The molecular formula is C19H15FN4O2. The zero-order valence-electron chi connectivity index (χ0n) is 13.6. The molecule has 2 amide bonds. The largest absolute Gasteiger partial charge is 0.347 e. The molecule has 0 saturated heterocycles. The Kier molecular flexibility index (Phi) is 5.28. The van der Waals surface area contributed by atoms with E-state index < -0.39 is 11.8 Å². The van der Waals surface area contributed by atoms with Gasteiger partial charge in [0.1, 0.15) is 11.5 Å². The molecule has 0 aliphatic heterocycles. The van der Waals surface area contributed by atoms with Gasteiger partial charge in [0.15, 0.2) is 0 Å². The number of nitrogens with one attached hydrogen (secondary N) is 2. The van der Waals surface area contributed by atoms with Gasteiger partial charge in [-0.15, -0.1) is 0 Å². The van der Waals surface area contributed by atoms with Crippen LogP contribution in [0.15, 0.2) is 67.1 Å². The number of anilines is 1. The number of halogens is 1. The molecule has 0 unspecified atom stereocenters. The summed E-state index contributed by atoms with van der Waals surface area (Å²) in [4.78, 5) is 32.4. The Bertz CT molecular complexity index is 914. The lowest BCUT2D eigenvalue weighted by atomic mass is 10.2. The molecule has 6 nitrogen and oxygen atoms in total. The highest BCUT2D eigenvalue weighted by Gasteiger charge is 2.12. The van der Waals surface area contributed by atoms with Gasteiger partial charge in [-0.25, -0.2) is 4.39 Å². The predicted molar refractivity (Wildman–Crippen MR) is 94.0 cm³/mol. The smallest absolute Gasteiger partial charge is 0.270 e. The molecule has 0 bridgehead atoms. The third-order valence-corrected chi connectivity index (χ3v) is 3.56. The molecule has 2 N–H and O–H groups in total. The number of amides is 2. The maximum atomic E-state index is 12.9. The lowest BCUT2D eigenvalue weighted by molar-refractivity contribution is 0.0946. The highest BCUT2D eigenvalue weighted by molar-refractivity contribution is 6.05. The highest BCUT2D eigenvalue weighted by Crippen LogP contribution is 2.11. The monoisotopic (exact) mass is 350 g/mol. The Morgan fingerprint density at radius 1 is 0.923 bits per heavy atom. The maximum Gasteiger partial charge on any atom is 0.270 e. The second-order valence-electron chi connectivity index (χ2n) is 5.43. The minimum atomic E-state index is -0.415. The van der Waals surface area contributed by atoms with Crippen LogP contribution in [-0.2, 0) is 6.54 Å². The van der Waals surface area contributed by atoms with Crippen LogP contribution in [0.4, 0.5) is 10.1 Å². The normalized spacial score (nSPS) is 10.2. The Morgan fingerprint density at radius 2 is 1.65 bits per heavy atom. The van der Waals surface area contributed by atoms with E-state index in [4.69, 9.17) is 0 Å². The molecule has 0 aliphatic carbocycles. The molecule has 0 spiro atoms. The van der Waals surface area contributed by atoms with Gasteiger partial charge in [-0.1, -0.05) is 0 Å². The summed E-state index contributed by atoms with van der Waals surface area (Å²) in [6, 6.07) is 11.9. The number of benzene rings is 1. The van der Waals surface area contributed by atoms with Gasteiger partial charge < -0.3 is 10.6 Å². The third kappa shape index (κ3) is 4.47. The third-order valence-electron chi connectivity index (χ3n) is 3.56. The number of rotatable bonds is 5. The van der Waals surface area contributed by atoms with E-state index in [2.05, 4.69) is 20.6 Å². The van der Waals surface area contributed by atoms with Crippen molar-refractivity contribution in [3.63, 3.8) is 0 Å². The average molecular weight is 350 g/mol. The quantitative estimate of drug-likeness (QED) is 0.741. The van der Waals surface area contributed by atoms with E-state index in [1.165, 1.54) is 42.6 Å². The summed E-state index contributed by atoms with van der Waals surface area (Å²) in [5.41, 5.74) is 1.76. The van der Waals surface area contributed by atoms with Crippen LogP contribution >= 0.6 is 0 Å². The summed E-state index contributed by atoms with van der Waals surface area (Å²) < 4.78 is 12.9. The Morgan fingerprint density at radius 3 is 2.38 bits per heavy atom. The van der Waals surface area contributed by atoms with Crippen molar-refractivity contribution in [1.82, 2.24) is 15.3 Å². The number of hydrogen-bond acceptors (Lipinski definition) is 4. The van der Waals surface area contributed by atoms with Crippen molar-refractivity contribution < 1.29 is 14.0 Å². The zero-order chi connectivity index (χ0) is 18.4. The number of carbonyl (C=O) groups excluding carboxylic acids is 2. The molecule has 0 radical (unpaired) electrons. The minimum Gasteiger partial charge on any atom is -0.347 e. The molecule has 2 aromatic heterocycles. The van der Waals surface area contributed by atoms with Gasteiger partial charge in [0.05, 0.1) is 0 Å². The van der Waals surface area contributed by atoms with E-state index in [-0.39, 0.29) is 17.1 Å². The van der Waals surface area contributed by atoms with Crippen LogP contribution in [0.5, 0.6) is 0 Å². The van der Waals surface area contributed by atoms with Gasteiger partial charge in [0.2, 0.25) is 0 Å². The van der Waals surface area contributed by atoms with Gasteiger partial charge in [0, 0.05) is 36.4 Å². The molecule has 2 heterocycles. The molecule has 1 aromatic carbocycles. The van der Waals surface area contributed by atoms with Crippen molar-refractivity contribution in [1.29, 1.82) is 0 Å². The summed E-state index contributed by atoms with van der Waals surface area (Å²) in [5.74, 6) is -1.19. The first-order valence-corrected chi connectivity index (χ1v) is 7.82. The van der Waals surface area contributed by atoms with Crippen molar-refractivity contribution in [2.24, 2.45) is 0 Å². The van der Waals surface area contributed by atoms with Gasteiger partial charge in [-0.3, -0.25) is 19.6 Å². The molecule has 3 rings (SSSR count). The van der Waals surface area contributed by atoms with E-state index in [0.29, 0.717) is 12.2 Å². The van der Waals surface area contributed by atoms with Crippen molar-refractivity contribution in [2.75, 3.05) is 5.32 Å². The van der Waals surface area contributed by atoms with Crippen molar-refractivity contribution in [3.05, 3.63) is 89.8 Å². The lowest BCUT2D eigenvalue weighted by Gasteiger charge is -2.07. The molecule has 0 fully saturated rings. The summed E-state index contributed by atoms with van der Waals surface area (Å²) in [7, 11) is 0. The summed E-state index contributed by atoms with van der Waals surface area (Å²) >= 11 is 0. The molecule has 0 atom stereocenters. The van der Waals surface area contributed by atoms with Crippen molar-refractivity contribution in [2.45, 2.75) is 6.54 Å². The maximum absolute atomic E-state index is 12.9. The molecule has 26 heavy (non-hydrogen) atoms. The van der Waals surface area contributed by atoms with Crippen LogP contribution in [0.2, 0.25) is 0 Å². The summed E-state index contributed by atoms with van der Waals surface area (Å²) in [6.45, 7) is 0.328. The molecule has 0 saturated carbocycles. The fraction of sp³-hybridized carbons (Fsp3) is 0.0526. The van der Waals surface area contributed by atoms with Crippen LogP contribution in [0.3, 0.4) is 0 Å². The first-order chi connectivity index (χ1) is 12.6. The number of carbonyl (C=O) groups is 2. The van der Waals surface area contributed by atoms with Crippen molar-refractivity contribution >= 4 is 17.5 Å². The molecule has 130 valence electrons.